The molecule has 1 aromatic carbocycles. The molecule has 0 atom stereocenters. The van der Waals surface area contributed by atoms with E-state index in [1.165, 1.54) is 13.2 Å². The summed E-state index contributed by atoms with van der Waals surface area (Å²) in [7, 11) is 1.63. The highest BCUT2D eigenvalue weighted by Crippen LogP contribution is 2.16. The fourth-order valence-corrected chi connectivity index (χ4v) is 1.72. The van der Waals surface area contributed by atoms with E-state index < -0.39 is 0 Å². The molecule has 94 valence electrons. The number of methoxy groups -OCH3 is 1. The van der Waals surface area contributed by atoms with Crippen LogP contribution in [0.2, 0.25) is 0 Å². The molecule has 0 unspecified atom stereocenters. The molecule has 0 saturated heterocycles. The van der Waals surface area contributed by atoms with Gasteiger partial charge < -0.3 is 9.15 Å². The molecule has 4 heteroatoms. The molecule has 0 spiro atoms. The first-order valence-corrected chi connectivity index (χ1v) is 5.73. The number of rotatable bonds is 5. The molecule has 4 nitrogen and oxygen atoms in total. The maximum absolute atomic E-state index is 11.0. The van der Waals surface area contributed by atoms with Crippen molar-refractivity contribution in [1.82, 2.24) is 4.98 Å². The molecule has 1 aromatic heterocycles. The van der Waals surface area contributed by atoms with Crippen LogP contribution >= 0.6 is 0 Å². The number of nitrogens with zero attached hydrogens (tertiary/aromatic N) is 1. The first kappa shape index (κ1) is 12.4. The van der Waals surface area contributed by atoms with Crippen LogP contribution in [0.15, 0.2) is 34.9 Å². The lowest BCUT2D eigenvalue weighted by atomic mass is 10.1. The lowest BCUT2D eigenvalue weighted by molar-refractivity contribution is -0.116. The Hall–Kier alpha value is -2.10. The van der Waals surface area contributed by atoms with E-state index in [9.17, 15) is 4.79 Å². The Bertz CT molecular complexity index is 545. The minimum Gasteiger partial charge on any atom is -0.497 e. The number of hydrogen-bond donors (Lipinski definition) is 0. The summed E-state index contributed by atoms with van der Waals surface area (Å²) in [6, 6.07) is 7.74. The summed E-state index contributed by atoms with van der Waals surface area (Å²) in [5, 5.41) is 0. The van der Waals surface area contributed by atoms with E-state index in [4.69, 9.17) is 9.15 Å². The van der Waals surface area contributed by atoms with Crippen LogP contribution in [0, 0.1) is 0 Å². The highest BCUT2D eigenvalue weighted by molar-refractivity contribution is 5.77. The standard InChI is InChI=1S/C14H15NO3/c1-10(16)6-12-9-18-14(15-12)8-11-4-3-5-13(7-11)17-2/h3-5,7,9H,6,8H2,1-2H3. The summed E-state index contributed by atoms with van der Waals surface area (Å²) in [6.45, 7) is 1.54. The third-order valence-electron chi connectivity index (χ3n) is 2.52. The van der Waals surface area contributed by atoms with Crippen molar-refractivity contribution in [1.29, 1.82) is 0 Å². The number of aromatic nitrogens is 1. The van der Waals surface area contributed by atoms with Gasteiger partial charge in [0.05, 0.1) is 19.2 Å². The molecule has 0 fully saturated rings. The van der Waals surface area contributed by atoms with Crippen LogP contribution < -0.4 is 4.74 Å². The molecule has 0 radical (unpaired) electrons. The zero-order valence-electron chi connectivity index (χ0n) is 10.5. The van der Waals surface area contributed by atoms with Gasteiger partial charge in [-0.25, -0.2) is 4.98 Å². The fraction of sp³-hybridized carbons (Fsp3) is 0.286. The maximum Gasteiger partial charge on any atom is 0.198 e. The Labute approximate surface area is 106 Å². The average molecular weight is 245 g/mol. The van der Waals surface area contributed by atoms with E-state index >= 15 is 0 Å². The Morgan fingerprint density at radius 1 is 1.44 bits per heavy atom. The van der Waals surface area contributed by atoms with Crippen LogP contribution in [0.25, 0.3) is 0 Å². The second-order valence-electron chi connectivity index (χ2n) is 4.14. The van der Waals surface area contributed by atoms with Crippen molar-refractivity contribution in [3.63, 3.8) is 0 Å². The molecule has 0 amide bonds. The Morgan fingerprint density at radius 2 is 2.28 bits per heavy atom. The van der Waals surface area contributed by atoms with Gasteiger partial charge in [0.25, 0.3) is 0 Å². The highest BCUT2D eigenvalue weighted by Gasteiger charge is 2.07. The predicted octanol–water partition coefficient (Wildman–Crippen LogP) is 2.41. The third-order valence-corrected chi connectivity index (χ3v) is 2.52. The normalized spacial score (nSPS) is 10.3. The summed E-state index contributed by atoms with van der Waals surface area (Å²) in [4.78, 5) is 15.2. The highest BCUT2D eigenvalue weighted by atomic mass is 16.5. The first-order chi connectivity index (χ1) is 8.67. The summed E-state index contributed by atoms with van der Waals surface area (Å²) in [5.41, 5.74) is 1.74. The molecule has 0 aliphatic rings. The monoisotopic (exact) mass is 245 g/mol. The number of hydrogen-bond acceptors (Lipinski definition) is 4. The van der Waals surface area contributed by atoms with Crippen molar-refractivity contribution < 1.29 is 13.9 Å². The summed E-state index contributed by atoms with van der Waals surface area (Å²) >= 11 is 0. The van der Waals surface area contributed by atoms with Crippen LogP contribution in [-0.2, 0) is 17.6 Å². The van der Waals surface area contributed by atoms with Crippen LogP contribution in [-0.4, -0.2) is 17.9 Å². The Kier molecular flexibility index (Phi) is 3.77. The lowest BCUT2D eigenvalue weighted by Gasteiger charge is -2.01. The quantitative estimate of drug-likeness (QED) is 0.811. The molecule has 1 heterocycles. The number of ether oxygens (including phenoxy) is 1. The minimum atomic E-state index is 0.0798. The van der Waals surface area contributed by atoms with Crippen molar-refractivity contribution in [2.75, 3.05) is 7.11 Å². The topological polar surface area (TPSA) is 52.3 Å². The van der Waals surface area contributed by atoms with Crippen molar-refractivity contribution >= 4 is 5.78 Å². The number of Topliss-reactive ketones (excluding diaryl/α,β-unsaturated/α-hetero) is 1. The van der Waals surface area contributed by atoms with Crippen molar-refractivity contribution in [3.05, 3.63) is 47.7 Å². The van der Waals surface area contributed by atoms with Crippen LogP contribution in [0.3, 0.4) is 0 Å². The molecule has 0 aliphatic carbocycles. The van der Waals surface area contributed by atoms with Crippen LogP contribution in [0.4, 0.5) is 0 Å². The third kappa shape index (κ3) is 3.20. The van der Waals surface area contributed by atoms with Gasteiger partial charge in [-0.15, -0.1) is 0 Å². The van der Waals surface area contributed by atoms with Crippen LogP contribution in [0.5, 0.6) is 5.75 Å². The van der Waals surface area contributed by atoms with Gasteiger partial charge in [0, 0.05) is 6.42 Å². The number of ketones is 1. The largest absolute Gasteiger partial charge is 0.497 e. The van der Waals surface area contributed by atoms with E-state index in [0.29, 0.717) is 24.4 Å². The smallest absolute Gasteiger partial charge is 0.198 e. The second kappa shape index (κ2) is 5.49. The molecule has 0 saturated carbocycles. The SMILES string of the molecule is COc1cccc(Cc2nc(CC(C)=O)co2)c1. The number of oxazole rings is 1. The van der Waals surface area contributed by atoms with Crippen molar-refractivity contribution in [3.8, 4) is 5.75 Å². The maximum atomic E-state index is 11.0. The van der Waals surface area contributed by atoms with Crippen molar-refractivity contribution in [2.24, 2.45) is 0 Å². The molecule has 0 N–H and O–H groups in total. The van der Waals surface area contributed by atoms with Crippen LogP contribution in [0.1, 0.15) is 24.1 Å². The second-order valence-corrected chi connectivity index (χ2v) is 4.14. The van der Waals surface area contributed by atoms with Gasteiger partial charge in [0.1, 0.15) is 17.8 Å². The minimum absolute atomic E-state index is 0.0798. The number of benzene rings is 1. The van der Waals surface area contributed by atoms with Crippen molar-refractivity contribution in [2.45, 2.75) is 19.8 Å². The van der Waals surface area contributed by atoms with Gasteiger partial charge >= 0.3 is 0 Å². The molecule has 0 aliphatic heterocycles. The zero-order chi connectivity index (χ0) is 13.0. The first-order valence-electron chi connectivity index (χ1n) is 5.73. The Balaban J connectivity index is 2.08. The summed E-state index contributed by atoms with van der Waals surface area (Å²) in [5.74, 6) is 1.50. The van der Waals surface area contributed by atoms with E-state index in [2.05, 4.69) is 4.98 Å². The van der Waals surface area contributed by atoms with Gasteiger partial charge in [-0.3, -0.25) is 4.79 Å². The molecular weight excluding hydrogens is 230 g/mol. The van der Waals surface area contributed by atoms with Gasteiger partial charge in [-0.1, -0.05) is 12.1 Å². The summed E-state index contributed by atoms with van der Waals surface area (Å²) in [6.07, 6.45) is 2.45. The van der Waals surface area contributed by atoms with Gasteiger partial charge in [-0.05, 0) is 24.6 Å². The summed E-state index contributed by atoms with van der Waals surface area (Å²) < 4.78 is 10.5. The van der Waals surface area contributed by atoms with Gasteiger partial charge in [-0.2, -0.15) is 0 Å². The average Bonchev–Trinajstić information content (AvgIpc) is 2.76. The fourth-order valence-electron chi connectivity index (χ4n) is 1.72. The molecule has 2 rings (SSSR count). The van der Waals surface area contributed by atoms with E-state index in [0.717, 1.165) is 11.3 Å². The number of carbonyl (C=O) groups is 1. The van der Waals surface area contributed by atoms with E-state index in [1.54, 1.807) is 7.11 Å². The molecule has 18 heavy (non-hydrogen) atoms. The van der Waals surface area contributed by atoms with Gasteiger partial charge in [0.2, 0.25) is 0 Å². The van der Waals surface area contributed by atoms with Gasteiger partial charge in [0.15, 0.2) is 5.89 Å². The zero-order valence-corrected chi connectivity index (χ0v) is 10.5. The number of carbonyl (C=O) groups excluding carboxylic acids is 1. The molecular formula is C14H15NO3. The predicted molar refractivity (Wildman–Crippen MR) is 66.7 cm³/mol. The lowest BCUT2D eigenvalue weighted by Crippen LogP contribution is -1.97. The molecule has 0 bridgehead atoms. The van der Waals surface area contributed by atoms with E-state index in [-0.39, 0.29) is 5.78 Å². The van der Waals surface area contributed by atoms with E-state index in [1.807, 2.05) is 24.3 Å². The molecule has 2 aromatic rings. The Morgan fingerprint density at radius 3 is 3.00 bits per heavy atom.